The second-order valence-electron chi connectivity index (χ2n) is 6.80. The predicted molar refractivity (Wildman–Crippen MR) is 87.1 cm³/mol. The summed E-state index contributed by atoms with van der Waals surface area (Å²) in [5.74, 6) is 0.974. The fourth-order valence-electron chi connectivity index (χ4n) is 3.12. The molecule has 0 saturated carbocycles. The molecule has 1 unspecified atom stereocenters. The van der Waals surface area contributed by atoms with Gasteiger partial charge in [-0.3, -0.25) is 0 Å². The summed E-state index contributed by atoms with van der Waals surface area (Å²) in [6, 6.07) is 0. The molecule has 3 nitrogen and oxygen atoms in total. The van der Waals surface area contributed by atoms with E-state index in [1.807, 2.05) is 0 Å². The van der Waals surface area contributed by atoms with E-state index in [-0.39, 0.29) is 12.1 Å². The van der Waals surface area contributed by atoms with Gasteiger partial charge in [0.1, 0.15) is 0 Å². The van der Waals surface area contributed by atoms with Crippen LogP contribution in [0.1, 0.15) is 65.7 Å². The van der Waals surface area contributed by atoms with Crippen molar-refractivity contribution in [3.8, 4) is 0 Å². The fourth-order valence-corrected chi connectivity index (χ4v) is 3.12. The maximum Gasteiger partial charge on any atom is 0.0610 e. The summed E-state index contributed by atoms with van der Waals surface area (Å²) in [5.41, 5.74) is -0.0782. The van der Waals surface area contributed by atoms with Gasteiger partial charge >= 0.3 is 0 Å². The van der Waals surface area contributed by atoms with Crippen LogP contribution >= 0.6 is 0 Å². The number of aliphatic hydroxyl groups excluding tert-OH is 1. The largest absolute Gasteiger partial charge is 0.394 e. The summed E-state index contributed by atoms with van der Waals surface area (Å²) < 4.78 is 0. The van der Waals surface area contributed by atoms with Crippen molar-refractivity contribution >= 4 is 0 Å². The Kier molecular flexibility index (Phi) is 8.74. The molecule has 20 heavy (non-hydrogen) atoms. The van der Waals surface area contributed by atoms with Crippen molar-refractivity contribution in [3.63, 3.8) is 0 Å². The molecule has 1 aliphatic heterocycles. The Labute approximate surface area is 126 Å². The van der Waals surface area contributed by atoms with Crippen LogP contribution < -0.4 is 5.32 Å². The van der Waals surface area contributed by atoms with E-state index in [0.29, 0.717) is 0 Å². The lowest BCUT2D eigenvalue weighted by molar-refractivity contribution is 0.154. The summed E-state index contributed by atoms with van der Waals surface area (Å²) in [6.45, 7) is 11.7. The van der Waals surface area contributed by atoms with Gasteiger partial charge in [-0.05, 0) is 71.1 Å². The van der Waals surface area contributed by atoms with Crippen LogP contribution in [-0.2, 0) is 0 Å². The first-order valence-corrected chi connectivity index (χ1v) is 8.71. The Morgan fingerprint density at radius 2 is 1.90 bits per heavy atom. The zero-order valence-corrected chi connectivity index (χ0v) is 14.0. The molecule has 1 atom stereocenters. The van der Waals surface area contributed by atoms with Crippen molar-refractivity contribution in [3.05, 3.63) is 0 Å². The number of rotatable bonds is 10. The van der Waals surface area contributed by atoms with Crippen LogP contribution in [0.25, 0.3) is 0 Å². The van der Waals surface area contributed by atoms with Gasteiger partial charge in [0.25, 0.3) is 0 Å². The fraction of sp³-hybridized carbons (Fsp3) is 1.00. The van der Waals surface area contributed by atoms with Crippen LogP contribution in [0.2, 0.25) is 0 Å². The Morgan fingerprint density at radius 3 is 2.45 bits per heavy atom. The van der Waals surface area contributed by atoms with Crippen molar-refractivity contribution in [1.82, 2.24) is 10.2 Å². The Hall–Kier alpha value is -0.120. The molecule has 1 rings (SSSR count). The van der Waals surface area contributed by atoms with Gasteiger partial charge in [0.05, 0.1) is 6.61 Å². The minimum Gasteiger partial charge on any atom is -0.394 e. The molecule has 1 aliphatic rings. The van der Waals surface area contributed by atoms with Crippen LogP contribution in [0, 0.1) is 5.92 Å². The van der Waals surface area contributed by atoms with Crippen LogP contribution in [0.4, 0.5) is 0 Å². The number of likely N-dealkylation sites (tertiary alicyclic amines) is 1. The molecule has 0 bridgehead atoms. The third kappa shape index (κ3) is 6.55. The zero-order valence-electron chi connectivity index (χ0n) is 14.0. The van der Waals surface area contributed by atoms with E-state index >= 15 is 0 Å². The average molecular weight is 284 g/mol. The molecule has 0 aromatic heterocycles. The van der Waals surface area contributed by atoms with Crippen molar-refractivity contribution in [2.75, 3.05) is 32.8 Å². The van der Waals surface area contributed by atoms with E-state index in [1.165, 1.54) is 51.7 Å². The van der Waals surface area contributed by atoms with Crippen LogP contribution in [0.5, 0.6) is 0 Å². The summed E-state index contributed by atoms with van der Waals surface area (Å²) >= 11 is 0. The monoisotopic (exact) mass is 284 g/mol. The quantitative estimate of drug-likeness (QED) is 0.605. The predicted octanol–water partition coefficient (Wildman–Crippen LogP) is 3.03. The number of nitrogens with zero attached hydrogens (tertiary/aromatic N) is 1. The van der Waals surface area contributed by atoms with Gasteiger partial charge in [0, 0.05) is 5.54 Å². The van der Waals surface area contributed by atoms with Gasteiger partial charge in [-0.2, -0.15) is 0 Å². The van der Waals surface area contributed by atoms with Crippen molar-refractivity contribution in [2.45, 2.75) is 71.3 Å². The van der Waals surface area contributed by atoms with Gasteiger partial charge in [-0.15, -0.1) is 0 Å². The van der Waals surface area contributed by atoms with Crippen LogP contribution in [0.15, 0.2) is 0 Å². The van der Waals surface area contributed by atoms with Crippen molar-refractivity contribution < 1.29 is 5.11 Å². The summed E-state index contributed by atoms with van der Waals surface area (Å²) in [7, 11) is 0. The Balaban J connectivity index is 2.11. The normalized spacial score (nSPS) is 21.0. The minimum atomic E-state index is -0.0782. The Morgan fingerprint density at radius 1 is 1.20 bits per heavy atom. The molecular weight excluding hydrogens is 248 g/mol. The summed E-state index contributed by atoms with van der Waals surface area (Å²) in [6.07, 6.45) is 8.82. The van der Waals surface area contributed by atoms with Crippen LogP contribution in [0.3, 0.4) is 0 Å². The standard InChI is InChI=1S/C17H36N2O/c1-4-11-18-17(3,15-20)10-6-7-12-19-13-8-16(5-2)9-14-19/h16,18,20H,4-15H2,1-3H3. The molecule has 120 valence electrons. The number of hydrogen-bond donors (Lipinski definition) is 2. The molecule has 0 amide bonds. The Bertz CT molecular complexity index is 239. The molecule has 0 radical (unpaired) electrons. The average Bonchev–Trinajstić information content (AvgIpc) is 2.50. The number of nitrogens with one attached hydrogen (secondary N) is 1. The second kappa shape index (κ2) is 9.75. The van der Waals surface area contributed by atoms with E-state index in [0.717, 1.165) is 25.3 Å². The second-order valence-corrected chi connectivity index (χ2v) is 6.80. The van der Waals surface area contributed by atoms with E-state index in [1.54, 1.807) is 0 Å². The lowest BCUT2D eigenvalue weighted by atomic mass is 9.93. The van der Waals surface area contributed by atoms with Gasteiger partial charge in [-0.1, -0.05) is 26.7 Å². The van der Waals surface area contributed by atoms with Gasteiger partial charge < -0.3 is 15.3 Å². The number of aliphatic hydroxyl groups is 1. The van der Waals surface area contributed by atoms with E-state index in [4.69, 9.17) is 0 Å². The highest BCUT2D eigenvalue weighted by atomic mass is 16.3. The van der Waals surface area contributed by atoms with E-state index in [9.17, 15) is 5.11 Å². The molecule has 0 aromatic rings. The first-order valence-electron chi connectivity index (χ1n) is 8.71. The zero-order chi connectivity index (χ0) is 14.8. The summed E-state index contributed by atoms with van der Waals surface area (Å²) in [5, 5.41) is 13.0. The lowest BCUT2D eigenvalue weighted by Gasteiger charge is -2.32. The number of piperidine rings is 1. The highest BCUT2D eigenvalue weighted by molar-refractivity contribution is 4.82. The highest BCUT2D eigenvalue weighted by Crippen LogP contribution is 2.20. The molecule has 1 fully saturated rings. The molecule has 1 heterocycles. The smallest absolute Gasteiger partial charge is 0.0610 e. The SMILES string of the molecule is CCCNC(C)(CO)CCCCN1CCC(CC)CC1. The first kappa shape index (κ1) is 17.9. The maximum absolute atomic E-state index is 9.54. The third-order valence-corrected chi connectivity index (χ3v) is 4.89. The van der Waals surface area contributed by atoms with Gasteiger partial charge in [0.2, 0.25) is 0 Å². The minimum absolute atomic E-state index is 0.0782. The van der Waals surface area contributed by atoms with E-state index in [2.05, 4.69) is 31.0 Å². The molecule has 0 aliphatic carbocycles. The number of hydrogen-bond acceptors (Lipinski definition) is 3. The lowest BCUT2D eigenvalue weighted by Crippen LogP contribution is -2.46. The maximum atomic E-state index is 9.54. The molecule has 2 N–H and O–H groups in total. The van der Waals surface area contributed by atoms with Gasteiger partial charge in [-0.25, -0.2) is 0 Å². The van der Waals surface area contributed by atoms with Crippen molar-refractivity contribution in [1.29, 1.82) is 0 Å². The molecule has 0 spiro atoms. The van der Waals surface area contributed by atoms with Crippen molar-refractivity contribution in [2.24, 2.45) is 5.92 Å². The molecule has 3 heteroatoms. The first-order chi connectivity index (χ1) is 9.63. The van der Waals surface area contributed by atoms with Crippen LogP contribution in [-0.4, -0.2) is 48.3 Å². The highest BCUT2D eigenvalue weighted by Gasteiger charge is 2.22. The van der Waals surface area contributed by atoms with Gasteiger partial charge in [0.15, 0.2) is 0 Å². The third-order valence-electron chi connectivity index (χ3n) is 4.89. The molecule has 0 aromatic carbocycles. The number of unbranched alkanes of at least 4 members (excludes halogenated alkanes) is 1. The van der Waals surface area contributed by atoms with E-state index < -0.39 is 0 Å². The molecule has 1 saturated heterocycles. The topological polar surface area (TPSA) is 35.5 Å². The molecular formula is C17H36N2O. The summed E-state index contributed by atoms with van der Waals surface area (Å²) in [4.78, 5) is 2.63.